The van der Waals surface area contributed by atoms with Crippen LogP contribution in [0.2, 0.25) is 0 Å². The third-order valence-corrected chi connectivity index (χ3v) is 13.7. The van der Waals surface area contributed by atoms with Crippen molar-refractivity contribution in [3.05, 3.63) is 18.2 Å². The zero-order valence-corrected chi connectivity index (χ0v) is 37.9. The standard InChI is InChI=1S/C43H77N3O13/c1-15-31-43(12,52)36(48)25(6)34(54-20-29-19-44-21-45-29)23(4)17-41(10,51)38(59-40-33(47)30(16-24(5)55-40)46(13)22(2)3)26(7)35(27(8)39(50)57-31)58-32-18-42(11,53-14)37(49)28(9)56-32/h19,21-28,30-38,40,47-49,51-52H,15-18,20H2,1-14H3,(H,44,45)/t23-,24-,25+,26+,27-,28+,30+,31-,32+,33-,34+,35+,36-,37+,38-,40+,41-,42-,43-/m1/s1. The van der Waals surface area contributed by atoms with Crippen LogP contribution in [0.3, 0.4) is 0 Å². The van der Waals surface area contributed by atoms with E-state index in [2.05, 4.69) is 14.9 Å². The molecule has 4 heterocycles. The van der Waals surface area contributed by atoms with Crippen LogP contribution in [0, 0.1) is 23.7 Å². The summed E-state index contributed by atoms with van der Waals surface area (Å²) < 4.78 is 44.5. The van der Waals surface area contributed by atoms with E-state index in [1.165, 1.54) is 20.4 Å². The van der Waals surface area contributed by atoms with E-state index in [1.807, 2.05) is 41.7 Å². The van der Waals surface area contributed by atoms with Crippen LogP contribution in [0.4, 0.5) is 0 Å². The van der Waals surface area contributed by atoms with Crippen molar-refractivity contribution in [2.75, 3.05) is 14.2 Å². The van der Waals surface area contributed by atoms with E-state index in [0.29, 0.717) is 12.1 Å². The summed E-state index contributed by atoms with van der Waals surface area (Å²) in [6, 6.07) is -0.209. The Balaban J connectivity index is 1.86. The van der Waals surface area contributed by atoms with Crippen LogP contribution in [0.1, 0.15) is 114 Å². The second kappa shape index (κ2) is 20.1. The monoisotopic (exact) mass is 844 g/mol. The Labute approximate surface area is 351 Å². The molecule has 0 unspecified atom stereocenters. The van der Waals surface area contributed by atoms with Crippen LogP contribution < -0.4 is 0 Å². The Hall–Kier alpha value is -1.80. The minimum atomic E-state index is -1.91. The molecule has 0 amide bonds. The summed E-state index contributed by atoms with van der Waals surface area (Å²) in [6.45, 7) is 21.6. The highest BCUT2D eigenvalue weighted by Gasteiger charge is 2.54. The van der Waals surface area contributed by atoms with Gasteiger partial charge in [0.15, 0.2) is 12.6 Å². The fraction of sp³-hybridized carbons (Fsp3) is 0.907. The van der Waals surface area contributed by atoms with Gasteiger partial charge in [-0.05, 0) is 87.6 Å². The molecule has 3 fully saturated rings. The van der Waals surface area contributed by atoms with Gasteiger partial charge >= 0.3 is 5.97 Å². The van der Waals surface area contributed by atoms with Crippen LogP contribution in [-0.4, -0.2) is 157 Å². The maximum atomic E-state index is 14.4. The lowest BCUT2D eigenvalue weighted by molar-refractivity contribution is -0.319. The third kappa shape index (κ3) is 11.2. The fourth-order valence-electron chi connectivity index (χ4n) is 9.72. The van der Waals surface area contributed by atoms with Crippen LogP contribution in [0.5, 0.6) is 0 Å². The zero-order valence-electron chi connectivity index (χ0n) is 37.9. The number of nitrogens with zero attached hydrogens (tertiary/aromatic N) is 2. The minimum Gasteiger partial charge on any atom is -0.459 e. The smallest absolute Gasteiger partial charge is 0.311 e. The molecule has 4 rings (SSSR count). The average molecular weight is 844 g/mol. The minimum absolute atomic E-state index is 0.0518. The van der Waals surface area contributed by atoms with E-state index >= 15 is 0 Å². The Kier molecular flexibility index (Phi) is 17.0. The molecule has 0 saturated carbocycles. The second-order valence-corrected chi connectivity index (χ2v) is 18.9. The van der Waals surface area contributed by atoms with Gasteiger partial charge in [0.25, 0.3) is 0 Å². The summed E-state index contributed by atoms with van der Waals surface area (Å²) in [4.78, 5) is 23.6. The van der Waals surface area contributed by atoms with Gasteiger partial charge in [-0.1, -0.05) is 27.7 Å². The van der Waals surface area contributed by atoms with E-state index in [4.69, 9.17) is 33.2 Å². The molecule has 0 spiro atoms. The molecule has 342 valence electrons. The second-order valence-electron chi connectivity index (χ2n) is 18.9. The van der Waals surface area contributed by atoms with Crippen molar-refractivity contribution in [2.45, 2.75) is 212 Å². The number of hydrogen-bond donors (Lipinski definition) is 6. The van der Waals surface area contributed by atoms with Gasteiger partial charge in [-0.3, -0.25) is 9.69 Å². The van der Waals surface area contributed by atoms with Gasteiger partial charge in [0.1, 0.15) is 23.9 Å². The van der Waals surface area contributed by atoms with Gasteiger partial charge in [-0.15, -0.1) is 0 Å². The molecule has 19 atom stereocenters. The first-order chi connectivity index (χ1) is 27.4. The summed E-state index contributed by atoms with van der Waals surface area (Å²) in [6.07, 6.45) is -6.70. The lowest BCUT2D eigenvalue weighted by Gasteiger charge is -2.50. The predicted octanol–water partition coefficient (Wildman–Crippen LogP) is 3.30. The molecule has 16 heteroatoms. The van der Waals surface area contributed by atoms with Crippen molar-refractivity contribution in [2.24, 2.45) is 23.7 Å². The molecular formula is C43H77N3O13. The fourth-order valence-corrected chi connectivity index (χ4v) is 9.72. The molecule has 0 aliphatic carbocycles. The van der Waals surface area contributed by atoms with Crippen molar-refractivity contribution in [1.29, 1.82) is 0 Å². The molecule has 16 nitrogen and oxygen atoms in total. The SMILES string of the molecule is CC[C@H]1OC(=O)[C@H](C)[C@@H](O[C@H]2C[C@@](C)(OC)[C@@H](O)[C@H](C)O2)[C@H](C)[C@@H](O[C@@H]2O[C@H](C)C[C@H](N(C)C(C)C)[C@H]2O)[C@](C)(O)C[C@@H](C)[C@H](OCc2cnc[nH]2)[C@H](C)[C@@H](O)[C@]1(C)O. The van der Waals surface area contributed by atoms with Gasteiger partial charge in [0, 0.05) is 37.5 Å². The van der Waals surface area contributed by atoms with Gasteiger partial charge in [0.05, 0.1) is 78.6 Å². The number of H-pyrrole nitrogens is 1. The summed E-state index contributed by atoms with van der Waals surface area (Å²) in [5, 5.41) is 59.8. The number of aromatic amines is 1. The van der Waals surface area contributed by atoms with Crippen molar-refractivity contribution < 1.29 is 63.5 Å². The number of nitrogens with one attached hydrogen (secondary N) is 1. The first-order valence-electron chi connectivity index (χ1n) is 21.6. The molecule has 0 bridgehead atoms. The van der Waals surface area contributed by atoms with Crippen molar-refractivity contribution >= 4 is 5.97 Å². The third-order valence-electron chi connectivity index (χ3n) is 13.7. The number of imidazole rings is 1. The number of carbonyl (C=O) groups excluding carboxylic acids is 1. The Morgan fingerprint density at radius 3 is 2.20 bits per heavy atom. The van der Waals surface area contributed by atoms with Gasteiger partial charge in [-0.2, -0.15) is 0 Å². The van der Waals surface area contributed by atoms with Crippen LogP contribution in [-0.2, 0) is 44.6 Å². The van der Waals surface area contributed by atoms with E-state index in [1.54, 1.807) is 47.7 Å². The van der Waals surface area contributed by atoms with Gasteiger partial charge in [-0.25, -0.2) is 4.98 Å². The number of esters is 1. The number of aliphatic hydroxyl groups is 5. The Morgan fingerprint density at radius 2 is 1.63 bits per heavy atom. The lowest BCUT2D eigenvalue weighted by Crippen LogP contribution is -2.62. The first-order valence-corrected chi connectivity index (χ1v) is 21.6. The quantitative estimate of drug-likeness (QED) is 0.176. The number of ether oxygens (including phenoxy) is 7. The molecule has 0 aromatic carbocycles. The topological polar surface area (TPSA) is 215 Å². The summed E-state index contributed by atoms with van der Waals surface area (Å²) in [5.41, 5.74) is -3.99. The number of carbonyl (C=O) groups is 1. The van der Waals surface area contributed by atoms with E-state index in [0.717, 1.165) is 0 Å². The number of rotatable bonds is 11. The highest BCUT2D eigenvalue weighted by atomic mass is 16.7. The molecule has 3 aliphatic rings. The number of hydrogen-bond acceptors (Lipinski definition) is 15. The number of methoxy groups -OCH3 is 1. The molecule has 3 aliphatic heterocycles. The maximum Gasteiger partial charge on any atom is 0.311 e. The summed E-state index contributed by atoms with van der Waals surface area (Å²) in [5.74, 6) is -3.79. The zero-order chi connectivity index (χ0) is 44.4. The number of likely N-dealkylation sites (N-methyl/N-ethyl adjacent to an activating group) is 1. The molecular weight excluding hydrogens is 766 g/mol. The average Bonchev–Trinajstić information content (AvgIpc) is 3.69. The normalized spacial score (nSPS) is 45.9. The predicted molar refractivity (Wildman–Crippen MR) is 218 cm³/mol. The van der Waals surface area contributed by atoms with Gasteiger partial charge < -0.3 is 63.7 Å². The number of aliphatic hydroxyl groups excluding tert-OH is 3. The van der Waals surface area contributed by atoms with Crippen molar-refractivity contribution in [1.82, 2.24) is 14.9 Å². The largest absolute Gasteiger partial charge is 0.459 e. The molecule has 1 aromatic rings. The van der Waals surface area contributed by atoms with Crippen molar-refractivity contribution in [3.63, 3.8) is 0 Å². The first kappa shape index (κ1) is 49.9. The molecule has 6 N–H and O–H groups in total. The van der Waals surface area contributed by atoms with E-state index in [9.17, 15) is 30.3 Å². The molecule has 3 saturated heterocycles. The van der Waals surface area contributed by atoms with Gasteiger partial charge in [0.2, 0.25) is 0 Å². The summed E-state index contributed by atoms with van der Waals surface area (Å²) >= 11 is 0. The van der Waals surface area contributed by atoms with E-state index in [-0.39, 0.29) is 44.1 Å². The number of aromatic nitrogens is 2. The van der Waals surface area contributed by atoms with E-state index < -0.39 is 108 Å². The highest BCUT2D eigenvalue weighted by Crippen LogP contribution is 2.42. The lowest BCUT2D eigenvalue weighted by atomic mass is 9.73. The Bertz CT molecular complexity index is 1450. The van der Waals surface area contributed by atoms with Crippen LogP contribution in [0.15, 0.2) is 12.5 Å². The van der Waals surface area contributed by atoms with Crippen LogP contribution in [0.25, 0.3) is 0 Å². The number of cyclic esters (lactones) is 1. The van der Waals surface area contributed by atoms with Crippen LogP contribution >= 0.6 is 0 Å². The Morgan fingerprint density at radius 1 is 0.966 bits per heavy atom. The van der Waals surface area contributed by atoms with Crippen molar-refractivity contribution in [3.8, 4) is 0 Å². The molecule has 1 aromatic heterocycles. The summed E-state index contributed by atoms with van der Waals surface area (Å²) in [7, 11) is 3.45. The molecule has 0 radical (unpaired) electrons. The molecule has 59 heavy (non-hydrogen) atoms. The highest BCUT2D eigenvalue weighted by molar-refractivity contribution is 5.73. The maximum absolute atomic E-state index is 14.4.